The van der Waals surface area contributed by atoms with Gasteiger partial charge in [-0.2, -0.15) is 4.99 Å². The fourth-order valence-electron chi connectivity index (χ4n) is 12.1. The van der Waals surface area contributed by atoms with Crippen molar-refractivity contribution in [3.63, 3.8) is 0 Å². The van der Waals surface area contributed by atoms with Crippen LogP contribution in [0.5, 0.6) is 0 Å². The minimum Gasteiger partial charge on any atom is -0.309 e. The molecule has 2 N–H and O–H groups in total. The molecular weight excluding hydrogens is 863 g/mol. The van der Waals surface area contributed by atoms with Gasteiger partial charge in [0.05, 0.1) is 38.9 Å². The van der Waals surface area contributed by atoms with Crippen LogP contribution >= 0.6 is 0 Å². The van der Waals surface area contributed by atoms with Crippen LogP contribution in [0.15, 0.2) is 228 Å². The van der Waals surface area contributed by atoms with Gasteiger partial charge in [-0.15, -0.1) is 0 Å². The maximum atomic E-state index is 5.70. The third-order valence-electron chi connectivity index (χ3n) is 15.4. The lowest BCUT2D eigenvalue weighted by Crippen LogP contribution is -2.90. The highest BCUT2D eigenvalue weighted by atomic mass is 15.2. The van der Waals surface area contributed by atoms with Crippen molar-refractivity contribution >= 4 is 104 Å². The Morgan fingerprint density at radius 2 is 1.11 bits per heavy atom. The standard InChI is InChI=1S/C66H45N5/c1-40-16-15-21-45-36-56-52-26-11-13-28-58(52)70(62(56)39-54(40)45)47-32-30-43-35-55-53-27-12-14-29-59(53)71(61(55)38-46(43)34-47)60-33-31-41-17-5-8-23-49(41)63(60)66-68-64(42-18-3-2-4-19-42)67-65(69-66)57-37-44-20-6-7-22-48(44)50-24-9-10-25-51(50)57/h2-15,17-40,64H,16H2,1H3,(H,67,68,69)/p+1. The largest absolute Gasteiger partial charge is 0.309 e. The Hall–Kier alpha value is -8.90. The molecule has 0 saturated heterocycles. The number of aliphatic imine (C=N–C) groups is 2. The van der Waals surface area contributed by atoms with Gasteiger partial charge in [0, 0.05) is 32.8 Å². The fraction of sp³-hybridized carbons (Fsp3) is 0.0606. The third kappa shape index (κ3) is 6.16. The second-order valence-corrected chi connectivity index (χ2v) is 19.5. The number of hydrogen-bond donors (Lipinski definition) is 1. The lowest BCUT2D eigenvalue weighted by atomic mass is 9.87. The third-order valence-corrected chi connectivity index (χ3v) is 15.4. The van der Waals surface area contributed by atoms with E-state index < -0.39 is 0 Å². The average molecular weight is 909 g/mol. The Balaban J connectivity index is 0.984. The van der Waals surface area contributed by atoms with Crippen molar-refractivity contribution in [3.8, 4) is 11.4 Å². The highest BCUT2D eigenvalue weighted by Crippen LogP contribution is 2.42. The summed E-state index contributed by atoms with van der Waals surface area (Å²) in [4.78, 5) is 11.3. The van der Waals surface area contributed by atoms with E-state index in [0.717, 1.165) is 62.1 Å². The van der Waals surface area contributed by atoms with Crippen LogP contribution in [-0.2, 0) is 0 Å². The van der Waals surface area contributed by atoms with Crippen LogP contribution in [0, 0.1) is 0 Å². The van der Waals surface area contributed by atoms with Crippen LogP contribution < -0.4 is 5.32 Å². The summed E-state index contributed by atoms with van der Waals surface area (Å²) in [5, 5.41) is 16.7. The molecule has 3 heterocycles. The van der Waals surface area contributed by atoms with E-state index in [-0.39, 0.29) is 6.17 Å². The van der Waals surface area contributed by atoms with Crippen molar-refractivity contribution in [1.29, 1.82) is 0 Å². The van der Waals surface area contributed by atoms with E-state index in [1.807, 2.05) is 0 Å². The topological polar surface area (TPSA) is 51.2 Å². The first kappa shape index (κ1) is 40.0. The lowest BCUT2D eigenvalue weighted by molar-refractivity contribution is -0.586. The molecular formula is C66H46N5+. The van der Waals surface area contributed by atoms with E-state index in [4.69, 9.17) is 9.98 Å². The van der Waals surface area contributed by atoms with Gasteiger partial charge < -0.3 is 9.13 Å². The predicted octanol–water partition coefficient (Wildman–Crippen LogP) is 15.5. The molecule has 11 aromatic carbocycles. The molecule has 2 atom stereocenters. The summed E-state index contributed by atoms with van der Waals surface area (Å²) in [5.41, 5.74) is 12.9. The molecule has 13 aromatic rings. The first-order valence-electron chi connectivity index (χ1n) is 24.8. The van der Waals surface area contributed by atoms with Gasteiger partial charge in [-0.1, -0.05) is 171 Å². The van der Waals surface area contributed by atoms with E-state index >= 15 is 0 Å². The molecule has 1 aliphatic heterocycles. The smallest absolute Gasteiger partial charge is 0.236 e. The Kier molecular flexibility index (Phi) is 8.77. The van der Waals surface area contributed by atoms with Gasteiger partial charge in [-0.25, -0.2) is 4.99 Å². The molecule has 0 bridgehead atoms. The number of amidine groups is 2. The second-order valence-electron chi connectivity index (χ2n) is 19.5. The van der Waals surface area contributed by atoms with Crippen molar-refractivity contribution in [1.82, 2.24) is 9.13 Å². The SMILES string of the molecule is CC1CC=Cc2cc3c4ccccc4n(-c4ccc5cc6c7ccccc7n(-c7ccc8ccccc8c7C7=NC(c8ccccc8)[NH2+]C(c8cc9ccccc9c9ccccc89)=N7)c6cc5c4)c3cc21. The molecule has 15 rings (SSSR count). The van der Waals surface area contributed by atoms with E-state index in [1.165, 1.54) is 76.0 Å². The van der Waals surface area contributed by atoms with Crippen molar-refractivity contribution < 1.29 is 5.32 Å². The zero-order valence-electron chi connectivity index (χ0n) is 39.1. The molecule has 2 aromatic heterocycles. The van der Waals surface area contributed by atoms with Gasteiger partial charge in [0.2, 0.25) is 12.0 Å². The molecule has 5 heteroatoms. The van der Waals surface area contributed by atoms with Crippen LogP contribution in [0.4, 0.5) is 0 Å². The summed E-state index contributed by atoms with van der Waals surface area (Å²) in [7, 11) is 0. The molecule has 0 saturated carbocycles. The van der Waals surface area contributed by atoms with E-state index in [0.29, 0.717) is 11.8 Å². The highest BCUT2D eigenvalue weighted by molar-refractivity contribution is 6.23. The monoisotopic (exact) mass is 908 g/mol. The van der Waals surface area contributed by atoms with Crippen molar-refractivity contribution in [2.45, 2.75) is 25.4 Å². The number of quaternary nitrogens is 1. The number of nitrogens with two attached hydrogens (primary N) is 1. The Morgan fingerprint density at radius 3 is 1.93 bits per heavy atom. The number of para-hydroxylation sites is 2. The van der Waals surface area contributed by atoms with Crippen LogP contribution in [0.1, 0.15) is 53.2 Å². The van der Waals surface area contributed by atoms with E-state index in [2.05, 4.69) is 246 Å². The summed E-state index contributed by atoms with van der Waals surface area (Å²) >= 11 is 0. The van der Waals surface area contributed by atoms with Gasteiger partial charge in [-0.05, 0) is 127 Å². The number of hydrogen-bond acceptors (Lipinski definition) is 2. The van der Waals surface area contributed by atoms with Gasteiger partial charge in [-0.3, -0.25) is 5.32 Å². The zero-order chi connectivity index (χ0) is 46.7. The molecule has 0 spiro atoms. The van der Waals surface area contributed by atoms with Crippen molar-refractivity contribution in [3.05, 3.63) is 246 Å². The molecule has 334 valence electrons. The number of benzene rings is 11. The van der Waals surface area contributed by atoms with Crippen LogP contribution in [-0.4, -0.2) is 20.8 Å². The number of aromatic nitrogens is 2. The molecule has 2 unspecified atom stereocenters. The van der Waals surface area contributed by atoms with Crippen LogP contribution in [0.25, 0.3) is 104 Å². The predicted molar refractivity (Wildman–Crippen MR) is 298 cm³/mol. The molecule has 5 nitrogen and oxygen atoms in total. The summed E-state index contributed by atoms with van der Waals surface area (Å²) in [6, 6.07) is 78.1. The minimum absolute atomic E-state index is 0.262. The summed E-state index contributed by atoms with van der Waals surface area (Å²) in [6.45, 7) is 2.35. The van der Waals surface area contributed by atoms with Gasteiger partial charge in [0.25, 0.3) is 0 Å². The number of nitrogens with zero attached hydrogens (tertiary/aromatic N) is 4. The zero-order valence-corrected chi connectivity index (χ0v) is 39.1. The molecule has 0 radical (unpaired) electrons. The molecule has 0 amide bonds. The summed E-state index contributed by atoms with van der Waals surface area (Å²) in [6.07, 6.45) is 5.43. The second kappa shape index (κ2) is 15.6. The van der Waals surface area contributed by atoms with Crippen molar-refractivity contribution in [2.24, 2.45) is 9.98 Å². The minimum atomic E-state index is -0.262. The van der Waals surface area contributed by atoms with Gasteiger partial charge >= 0.3 is 0 Å². The number of fused-ring (bicyclic) bond motifs is 12. The van der Waals surface area contributed by atoms with Gasteiger partial charge in [0.1, 0.15) is 0 Å². The maximum absolute atomic E-state index is 5.70. The Morgan fingerprint density at radius 1 is 0.465 bits per heavy atom. The highest BCUT2D eigenvalue weighted by Gasteiger charge is 2.30. The Bertz CT molecular complexity index is 4490. The Labute approximate surface area is 410 Å². The van der Waals surface area contributed by atoms with E-state index in [9.17, 15) is 0 Å². The number of allylic oxidation sites excluding steroid dienone is 1. The fourth-order valence-corrected chi connectivity index (χ4v) is 12.1. The lowest BCUT2D eigenvalue weighted by Gasteiger charge is -2.23. The average Bonchev–Trinajstić information content (AvgIpc) is 3.93. The first-order valence-corrected chi connectivity index (χ1v) is 24.8. The van der Waals surface area contributed by atoms with E-state index in [1.54, 1.807) is 0 Å². The van der Waals surface area contributed by atoms with Crippen molar-refractivity contribution in [2.75, 3.05) is 0 Å². The molecule has 0 fully saturated rings. The molecule has 1 aliphatic carbocycles. The quantitative estimate of drug-likeness (QED) is 0.167. The van der Waals surface area contributed by atoms with Crippen LogP contribution in [0.2, 0.25) is 0 Å². The molecule has 71 heavy (non-hydrogen) atoms. The van der Waals surface area contributed by atoms with Crippen LogP contribution in [0.3, 0.4) is 0 Å². The summed E-state index contributed by atoms with van der Waals surface area (Å²) in [5.74, 6) is 2.10. The first-order chi connectivity index (χ1) is 35.1. The normalized spacial score (nSPS) is 16.0. The molecule has 2 aliphatic rings. The maximum Gasteiger partial charge on any atom is 0.236 e. The van der Waals surface area contributed by atoms with Gasteiger partial charge in [0.15, 0.2) is 5.84 Å². The summed E-state index contributed by atoms with van der Waals surface area (Å²) < 4.78 is 4.95. The number of rotatable bonds is 5.